The van der Waals surface area contributed by atoms with Gasteiger partial charge in [-0.25, -0.2) is 9.36 Å². The standard InChI is InChI=1S/C39H76NO10P/c1-3-5-7-9-11-13-15-16-17-18-19-21-23-25-27-29-31-38(43)48-32-35(41)33-49-51(46,47)50-34-36(39(44)45)40-37(42)30-28-26-24-22-20-14-12-10-8-6-4-2/h35-36,41H,3-34H2,1-2H3,(H,40,42)(H,44,45)(H,46,47). The summed E-state index contributed by atoms with van der Waals surface area (Å²) >= 11 is 0. The van der Waals surface area contributed by atoms with E-state index >= 15 is 0 Å². The fraction of sp³-hybridized carbons (Fsp3) is 0.923. The number of aliphatic hydroxyl groups is 1. The Labute approximate surface area is 310 Å². The number of carbonyl (C=O) groups excluding carboxylic acids is 2. The van der Waals surface area contributed by atoms with Crippen LogP contribution in [-0.2, 0) is 32.7 Å². The molecule has 11 nitrogen and oxygen atoms in total. The molecule has 0 aromatic rings. The summed E-state index contributed by atoms with van der Waals surface area (Å²) in [5.74, 6) is -2.36. The molecular weight excluding hydrogens is 673 g/mol. The lowest BCUT2D eigenvalue weighted by Crippen LogP contribution is -2.43. The Morgan fingerprint density at radius 3 is 1.29 bits per heavy atom. The van der Waals surface area contributed by atoms with Crippen molar-refractivity contribution in [1.82, 2.24) is 5.32 Å². The summed E-state index contributed by atoms with van der Waals surface area (Å²) in [5.41, 5.74) is 0. The molecule has 0 rings (SSSR count). The summed E-state index contributed by atoms with van der Waals surface area (Å²) in [6.07, 6.45) is 31.3. The van der Waals surface area contributed by atoms with Crippen molar-refractivity contribution in [2.45, 2.75) is 212 Å². The van der Waals surface area contributed by atoms with Crippen molar-refractivity contribution < 1.29 is 47.8 Å². The van der Waals surface area contributed by atoms with Gasteiger partial charge in [-0.15, -0.1) is 0 Å². The quantitative estimate of drug-likeness (QED) is 0.0270. The lowest BCUT2D eigenvalue weighted by Gasteiger charge is -2.18. The van der Waals surface area contributed by atoms with E-state index in [2.05, 4.69) is 19.2 Å². The third-order valence-electron chi connectivity index (χ3n) is 9.15. The number of rotatable bonds is 39. The Morgan fingerprint density at radius 2 is 0.902 bits per heavy atom. The van der Waals surface area contributed by atoms with Crippen LogP contribution in [0.3, 0.4) is 0 Å². The SMILES string of the molecule is CCCCCCCCCCCCCCCCCCC(=O)OCC(O)COP(=O)(O)OCC(NC(=O)CCCCCCCCCCCCC)C(=O)O. The van der Waals surface area contributed by atoms with Crippen molar-refractivity contribution in [2.75, 3.05) is 19.8 Å². The van der Waals surface area contributed by atoms with Crippen LogP contribution in [-0.4, -0.2) is 64.9 Å². The van der Waals surface area contributed by atoms with Crippen molar-refractivity contribution in [3.63, 3.8) is 0 Å². The van der Waals surface area contributed by atoms with Crippen LogP contribution >= 0.6 is 7.82 Å². The van der Waals surface area contributed by atoms with Gasteiger partial charge in [-0.05, 0) is 12.8 Å². The number of phosphoric ester groups is 1. The van der Waals surface area contributed by atoms with Crippen LogP contribution < -0.4 is 5.32 Å². The molecule has 0 spiro atoms. The van der Waals surface area contributed by atoms with E-state index in [1.54, 1.807) is 0 Å². The first-order chi connectivity index (χ1) is 24.6. The molecule has 3 atom stereocenters. The minimum atomic E-state index is -4.74. The van der Waals surface area contributed by atoms with Crippen LogP contribution in [0, 0.1) is 0 Å². The first-order valence-electron chi connectivity index (χ1n) is 20.6. The molecule has 0 heterocycles. The molecule has 0 fully saturated rings. The number of phosphoric acid groups is 1. The third-order valence-corrected chi connectivity index (χ3v) is 10.1. The number of carboxylic acids is 1. The molecular formula is C39H76NO10P. The van der Waals surface area contributed by atoms with Gasteiger partial charge in [0.2, 0.25) is 5.91 Å². The smallest absolute Gasteiger partial charge is 0.472 e. The Kier molecular flexibility index (Phi) is 34.4. The Balaban J connectivity index is 3.88. The summed E-state index contributed by atoms with van der Waals surface area (Å²) in [6.45, 7) is 2.59. The first kappa shape index (κ1) is 49.5. The molecule has 0 radical (unpaired) electrons. The number of amides is 1. The van der Waals surface area contributed by atoms with E-state index in [9.17, 15) is 34.1 Å². The molecule has 0 aliphatic rings. The number of esters is 1. The Morgan fingerprint density at radius 1 is 0.549 bits per heavy atom. The minimum absolute atomic E-state index is 0.151. The molecule has 0 aliphatic carbocycles. The van der Waals surface area contributed by atoms with Gasteiger partial charge in [-0.3, -0.25) is 18.6 Å². The molecule has 12 heteroatoms. The highest BCUT2D eigenvalue weighted by molar-refractivity contribution is 7.47. The lowest BCUT2D eigenvalue weighted by molar-refractivity contribution is -0.147. The van der Waals surface area contributed by atoms with Gasteiger partial charge in [0.15, 0.2) is 6.04 Å². The summed E-state index contributed by atoms with van der Waals surface area (Å²) in [6, 6.07) is -1.54. The van der Waals surface area contributed by atoms with Crippen molar-refractivity contribution in [2.24, 2.45) is 0 Å². The maximum Gasteiger partial charge on any atom is 0.472 e. The lowest BCUT2D eigenvalue weighted by atomic mass is 10.0. The summed E-state index contributed by atoms with van der Waals surface area (Å²) in [4.78, 5) is 45.7. The zero-order chi connectivity index (χ0) is 37.8. The molecule has 3 unspecified atom stereocenters. The van der Waals surface area contributed by atoms with Gasteiger partial charge in [0.1, 0.15) is 12.7 Å². The Bertz CT molecular complexity index is 890. The van der Waals surface area contributed by atoms with Gasteiger partial charge in [0, 0.05) is 12.8 Å². The summed E-state index contributed by atoms with van der Waals surface area (Å²) in [5, 5.41) is 21.7. The molecule has 0 aliphatic heterocycles. The highest BCUT2D eigenvalue weighted by Crippen LogP contribution is 2.43. The largest absolute Gasteiger partial charge is 0.480 e. The van der Waals surface area contributed by atoms with Crippen molar-refractivity contribution in [3.8, 4) is 0 Å². The van der Waals surface area contributed by atoms with Gasteiger partial charge in [0.05, 0.1) is 13.2 Å². The highest BCUT2D eigenvalue weighted by Gasteiger charge is 2.28. The van der Waals surface area contributed by atoms with E-state index in [-0.39, 0.29) is 12.8 Å². The normalized spacial score (nSPS) is 13.8. The number of aliphatic carboxylic acids is 1. The molecule has 0 aromatic heterocycles. The van der Waals surface area contributed by atoms with Crippen LogP contribution in [0.5, 0.6) is 0 Å². The van der Waals surface area contributed by atoms with E-state index in [1.807, 2.05) is 0 Å². The predicted molar refractivity (Wildman–Crippen MR) is 204 cm³/mol. The fourth-order valence-electron chi connectivity index (χ4n) is 5.90. The first-order valence-corrected chi connectivity index (χ1v) is 22.1. The van der Waals surface area contributed by atoms with Crippen molar-refractivity contribution in [1.29, 1.82) is 0 Å². The van der Waals surface area contributed by atoms with Crippen LogP contribution in [0.25, 0.3) is 0 Å². The Hall–Kier alpha value is -1.52. The maximum absolute atomic E-state index is 12.2. The number of carbonyl (C=O) groups is 3. The van der Waals surface area contributed by atoms with E-state index in [1.165, 1.54) is 122 Å². The van der Waals surface area contributed by atoms with Crippen LogP contribution in [0.1, 0.15) is 200 Å². The molecule has 4 N–H and O–H groups in total. The van der Waals surface area contributed by atoms with Crippen molar-refractivity contribution in [3.05, 3.63) is 0 Å². The van der Waals surface area contributed by atoms with Crippen LogP contribution in [0.2, 0.25) is 0 Å². The molecule has 0 bridgehead atoms. The van der Waals surface area contributed by atoms with E-state index < -0.39 is 57.6 Å². The minimum Gasteiger partial charge on any atom is -0.480 e. The molecule has 0 saturated heterocycles. The zero-order valence-corrected chi connectivity index (χ0v) is 33.3. The molecule has 0 saturated carbocycles. The maximum atomic E-state index is 12.2. The number of hydrogen-bond acceptors (Lipinski definition) is 8. The number of carboxylic acid groups (broad SMARTS) is 1. The number of aliphatic hydroxyl groups excluding tert-OH is 1. The van der Waals surface area contributed by atoms with E-state index in [0.29, 0.717) is 12.8 Å². The van der Waals surface area contributed by atoms with E-state index in [0.717, 1.165) is 38.5 Å². The monoisotopic (exact) mass is 750 g/mol. The number of nitrogens with one attached hydrogen (secondary N) is 1. The number of hydrogen-bond donors (Lipinski definition) is 4. The molecule has 1 amide bonds. The molecule has 302 valence electrons. The molecule has 0 aromatic carbocycles. The predicted octanol–water partition coefficient (Wildman–Crippen LogP) is 9.95. The second kappa shape index (κ2) is 35.5. The number of ether oxygens (including phenoxy) is 1. The summed E-state index contributed by atoms with van der Waals surface area (Å²) in [7, 11) is -4.74. The van der Waals surface area contributed by atoms with Gasteiger partial charge >= 0.3 is 19.8 Å². The zero-order valence-electron chi connectivity index (χ0n) is 32.4. The van der Waals surface area contributed by atoms with Gasteiger partial charge < -0.3 is 25.2 Å². The highest BCUT2D eigenvalue weighted by atomic mass is 31.2. The van der Waals surface area contributed by atoms with Gasteiger partial charge in [-0.1, -0.05) is 174 Å². The fourth-order valence-corrected chi connectivity index (χ4v) is 6.68. The van der Waals surface area contributed by atoms with Gasteiger partial charge in [0.25, 0.3) is 0 Å². The van der Waals surface area contributed by atoms with Crippen LogP contribution in [0.15, 0.2) is 0 Å². The number of unbranched alkanes of at least 4 members (excludes halogenated alkanes) is 25. The second-order valence-corrected chi connectivity index (χ2v) is 15.6. The van der Waals surface area contributed by atoms with E-state index in [4.69, 9.17) is 13.8 Å². The second-order valence-electron chi connectivity index (χ2n) is 14.2. The topological polar surface area (TPSA) is 169 Å². The van der Waals surface area contributed by atoms with Crippen molar-refractivity contribution >= 4 is 25.7 Å². The summed E-state index contributed by atoms with van der Waals surface area (Å²) < 4.78 is 26.8. The third kappa shape index (κ3) is 35.3. The average Bonchev–Trinajstić information content (AvgIpc) is 3.10. The molecule has 51 heavy (non-hydrogen) atoms. The average molecular weight is 750 g/mol. The van der Waals surface area contributed by atoms with Crippen LogP contribution in [0.4, 0.5) is 0 Å². The van der Waals surface area contributed by atoms with Gasteiger partial charge in [-0.2, -0.15) is 0 Å².